The molecule has 26 heavy (non-hydrogen) atoms. The SMILES string of the molecule is COC12CC(/C(=C\C(=O)OC(C)(C)C)c3ccc(Cl)c([N+](=O)[O-])c3)(C1)C2. The summed E-state index contributed by atoms with van der Waals surface area (Å²) in [6.45, 7) is 5.39. The second-order valence-corrected chi connectivity index (χ2v) is 8.62. The number of nitrogens with zero attached hydrogens (tertiary/aromatic N) is 1. The van der Waals surface area contributed by atoms with E-state index >= 15 is 0 Å². The number of hydrogen-bond acceptors (Lipinski definition) is 5. The zero-order valence-electron chi connectivity index (χ0n) is 15.3. The minimum Gasteiger partial charge on any atom is -0.457 e. The third-order valence-electron chi connectivity index (χ3n) is 5.11. The van der Waals surface area contributed by atoms with Crippen molar-refractivity contribution in [2.24, 2.45) is 5.41 Å². The summed E-state index contributed by atoms with van der Waals surface area (Å²) in [7, 11) is 1.69. The van der Waals surface area contributed by atoms with Gasteiger partial charge in [0.05, 0.1) is 10.5 Å². The van der Waals surface area contributed by atoms with Gasteiger partial charge in [0.15, 0.2) is 0 Å². The molecule has 0 unspecified atom stereocenters. The molecule has 0 heterocycles. The highest BCUT2D eigenvalue weighted by Crippen LogP contribution is 2.73. The first-order chi connectivity index (χ1) is 12.0. The summed E-state index contributed by atoms with van der Waals surface area (Å²) in [6, 6.07) is 4.64. The lowest BCUT2D eigenvalue weighted by molar-refractivity contribution is -0.384. The lowest BCUT2D eigenvalue weighted by Gasteiger charge is -2.70. The fraction of sp³-hybridized carbons (Fsp3) is 0.526. The maximum atomic E-state index is 12.4. The minimum absolute atomic E-state index is 0.0707. The van der Waals surface area contributed by atoms with Gasteiger partial charge in [-0.1, -0.05) is 17.7 Å². The van der Waals surface area contributed by atoms with E-state index in [-0.39, 0.29) is 21.7 Å². The highest BCUT2D eigenvalue weighted by Gasteiger charge is 2.70. The number of benzene rings is 1. The Morgan fingerprint density at radius 3 is 2.42 bits per heavy atom. The first kappa shape index (κ1) is 18.9. The molecule has 3 aliphatic rings. The van der Waals surface area contributed by atoms with Crippen LogP contribution in [0.2, 0.25) is 5.02 Å². The Balaban J connectivity index is 1.99. The Morgan fingerprint density at radius 2 is 1.92 bits per heavy atom. The van der Waals surface area contributed by atoms with Crippen LogP contribution in [0.15, 0.2) is 24.3 Å². The highest BCUT2D eigenvalue weighted by molar-refractivity contribution is 6.32. The molecule has 0 aromatic heterocycles. The van der Waals surface area contributed by atoms with Gasteiger partial charge in [0.2, 0.25) is 0 Å². The molecule has 4 rings (SSSR count). The Labute approximate surface area is 157 Å². The molecule has 1 aromatic carbocycles. The Kier molecular flexibility index (Phi) is 4.40. The molecule has 0 radical (unpaired) electrons. The summed E-state index contributed by atoms with van der Waals surface area (Å²) in [5.74, 6) is -0.457. The van der Waals surface area contributed by atoms with Gasteiger partial charge in [0.25, 0.3) is 5.69 Å². The fourth-order valence-electron chi connectivity index (χ4n) is 4.01. The minimum atomic E-state index is -0.613. The number of hydrogen-bond donors (Lipinski definition) is 0. The Morgan fingerprint density at radius 1 is 1.31 bits per heavy atom. The van der Waals surface area contributed by atoms with Crippen molar-refractivity contribution in [2.45, 2.75) is 51.2 Å². The molecular weight excluding hydrogens is 358 g/mol. The lowest BCUT2D eigenvalue weighted by atomic mass is 9.38. The molecule has 0 saturated heterocycles. The molecule has 0 amide bonds. The number of nitro benzene ring substituents is 1. The first-order valence-corrected chi connectivity index (χ1v) is 8.82. The van der Waals surface area contributed by atoms with Crippen LogP contribution in [0.5, 0.6) is 0 Å². The van der Waals surface area contributed by atoms with E-state index in [9.17, 15) is 14.9 Å². The average molecular weight is 380 g/mol. The van der Waals surface area contributed by atoms with E-state index in [0.717, 1.165) is 24.8 Å². The molecule has 1 aromatic rings. The van der Waals surface area contributed by atoms with Gasteiger partial charge < -0.3 is 9.47 Å². The quantitative estimate of drug-likeness (QED) is 0.324. The highest BCUT2D eigenvalue weighted by atomic mass is 35.5. The van der Waals surface area contributed by atoms with Gasteiger partial charge in [0, 0.05) is 24.7 Å². The summed E-state index contributed by atoms with van der Waals surface area (Å²) in [5, 5.41) is 11.3. The Hall–Kier alpha value is -1.92. The van der Waals surface area contributed by atoms with Crippen LogP contribution in [0.1, 0.15) is 45.6 Å². The summed E-state index contributed by atoms with van der Waals surface area (Å²) in [6.07, 6.45) is 3.85. The van der Waals surface area contributed by atoms with E-state index in [1.807, 2.05) is 0 Å². The molecule has 0 N–H and O–H groups in total. The third kappa shape index (κ3) is 3.23. The van der Waals surface area contributed by atoms with Crippen molar-refractivity contribution in [3.05, 3.63) is 45.0 Å². The smallest absolute Gasteiger partial charge is 0.331 e. The zero-order valence-corrected chi connectivity index (χ0v) is 16.1. The van der Waals surface area contributed by atoms with Crippen molar-refractivity contribution in [1.29, 1.82) is 0 Å². The van der Waals surface area contributed by atoms with Gasteiger partial charge in [-0.25, -0.2) is 4.79 Å². The molecule has 0 atom stereocenters. The molecule has 3 saturated carbocycles. The van der Waals surface area contributed by atoms with Crippen molar-refractivity contribution in [1.82, 2.24) is 0 Å². The van der Waals surface area contributed by atoms with Crippen LogP contribution in [0.4, 0.5) is 5.69 Å². The van der Waals surface area contributed by atoms with Gasteiger partial charge >= 0.3 is 5.97 Å². The van der Waals surface area contributed by atoms with Gasteiger partial charge in [-0.05, 0) is 57.2 Å². The largest absolute Gasteiger partial charge is 0.457 e. The fourth-order valence-corrected chi connectivity index (χ4v) is 4.20. The molecule has 6 nitrogen and oxygen atoms in total. The monoisotopic (exact) mass is 379 g/mol. The Bertz CT molecular complexity index is 789. The summed E-state index contributed by atoms with van der Waals surface area (Å²) in [5.41, 5.74) is 0.270. The van der Waals surface area contributed by atoms with Crippen LogP contribution in [0.25, 0.3) is 5.57 Å². The van der Waals surface area contributed by atoms with Crippen molar-refractivity contribution < 1.29 is 19.2 Å². The lowest BCUT2D eigenvalue weighted by Crippen LogP contribution is -2.68. The number of nitro groups is 1. The number of esters is 1. The molecule has 3 fully saturated rings. The number of carbonyl (C=O) groups is 1. The van der Waals surface area contributed by atoms with E-state index < -0.39 is 16.5 Å². The normalized spacial score (nSPS) is 27.3. The van der Waals surface area contributed by atoms with E-state index in [1.54, 1.807) is 33.9 Å². The molecule has 7 heteroatoms. The van der Waals surface area contributed by atoms with Gasteiger partial charge in [-0.3, -0.25) is 10.1 Å². The van der Waals surface area contributed by atoms with Crippen LogP contribution in [0, 0.1) is 15.5 Å². The van der Waals surface area contributed by atoms with Crippen LogP contribution in [-0.2, 0) is 14.3 Å². The molecule has 3 aliphatic carbocycles. The number of halogens is 1. The standard InChI is InChI=1S/C19H22ClNO5/c1-17(2,3)26-16(22)8-13(18-9-19(10-18,11-18)25-4)12-5-6-14(20)15(7-12)21(23)24/h5-8H,9-11H2,1-4H3/b13-8-. The zero-order chi connectivity index (χ0) is 19.3. The van der Waals surface area contributed by atoms with E-state index in [0.29, 0.717) is 5.56 Å². The number of carbonyl (C=O) groups excluding carboxylic acids is 1. The number of allylic oxidation sites excluding steroid dienone is 1. The van der Waals surface area contributed by atoms with Gasteiger partial charge in [0.1, 0.15) is 10.6 Å². The molecule has 0 spiro atoms. The van der Waals surface area contributed by atoms with E-state index in [4.69, 9.17) is 21.1 Å². The summed E-state index contributed by atoms with van der Waals surface area (Å²) >= 11 is 5.93. The topological polar surface area (TPSA) is 78.7 Å². The second-order valence-electron chi connectivity index (χ2n) is 8.21. The number of methoxy groups -OCH3 is 1. The van der Waals surface area contributed by atoms with Crippen LogP contribution in [0.3, 0.4) is 0 Å². The van der Waals surface area contributed by atoms with E-state index in [2.05, 4.69) is 0 Å². The number of rotatable bonds is 5. The van der Waals surface area contributed by atoms with Gasteiger partial charge in [-0.2, -0.15) is 0 Å². The van der Waals surface area contributed by atoms with Crippen molar-refractivity contribution in [2.75, 3.05) is 7.11 Å². The maximum absolute atomic E-state index is 12.4. The van der Waals surface area contributed by atoms with Crippen molar-refractivity contribution in [3.8, 4) is 0 Å². The van der Waals surface area contributed by atoms with Gasteiger partial charge in [-0.15, -0.1) is 0 Å². The van der Waals surface area contributed by atoms with Crippen LogP contribution >= 0.6 is 11.6 Å². The predicted molar refractivity (Wildman–Crippen MR) is 98.0 cm³/mol. The third-order valence-corrected chi connectivity index (χ3v) is 5.43. The second kappa shape index (κ2) is 6.06. The maximum Gasteiger partial charge on any atom is 0.331 e. The average Bonchev–Trinajstić information content (AvgIpc) is 2.42. The summed E-state index contributed by atoms with van der Waals surface area (Å²) in [4.78, 5) is 23.1. The summed E-state index contributed by atoms with van der Waals surface area (Å²) < 4.78 is 11.0. The number of ether oxygens (including phenoxy) is 2. The molecule has 140 valence electrons. The molecule has 0 aliphatic heterocycles. The van der Waals surface area contributed by atoms with Crippen molar-refractivity contribution in [3.63, 3.8) is 0 Å². The first-order valence-electron chi connectivity index (χ1n) is 8.44. The van der Waals surface area contributed by atoms with Crippen LogP contribution in [-0.4, -0.2) is 29.2 Å². The predicted octanol–water partition coefficient (Wildman–Crippen LogP) is 4.54. The molecule has 2 bridgehead atoms. The van der Waals surface area contributed by atoms with Crippen molar-refractivity contribution >= 4 is 28.8 Å². The molecular formula is C19H22ClNO5. The van der Waals surface area contributed by atoms with E-state index in [1.165, 1.54) is 18.2 Å². The van der Waals surface area contributed by atoms with Crippen LogP contribution < -0.4 is 0 Å².